The summed E-state index contributed by atoms with van der Waals surface area (Å²) in [6.45, 7) is 2.03. The van der Waals surface area contributed by atoms with Gasteiger partial charge in [0.1, 0.15) is 5.78 Å². The first kappa shape index (κ1) is 13.5. The van der Waals surface area contributed by atoms with Gasteiger partial charge in [0, 0.05) is 29.8 Å². The molecule has 1 aromatic carbocycles. The van der Waals surface area contributed by atoms with Crippen molar-refractivity contribution < 1.29 is 9.90 Å². The van der Waals surface area contributed by atoms with E-state index < -0.39 is 6.10 Å². The number of hydrogen-bond acceptors (Lipinski definition) is 4. The van der Waals surface area contributed by atoms with Crippen LogP contribution in [0, 0.1) is 0 Å². The highest BCUT2D eigenvalue weighted by molar-refractivity contribution is 5.79. The van der Waals surface area contributed by atoms with Crippen LogP contribution in [-0.2, 0) is 4.79 Å². The number of hydrogen-bond donors (Lipinski definition) is 3. The van der Waals surface area contributed by atoms with Crippen LogP contribution in [0.15, 0.2) is 18.2 Å². The topological polar surface area (TPSA) is 89.3 Å². The van der Waals surface area contributed by atoms with Crippen molar-refractivity contribution in [2.45, 2.75) is 38.7 Å². The predicted octanol–water partition coefficient (Wildman–Crippen LogP) is 2.03. The highest BCUT2D eigenvalue weighted by atomic mass is 16.3. The first-order chi connectivity index (χ1) is 8.04. The van der Waals surface area contributed by atoms with E-state index in [-0.39, 0.29) is 12.2 Å². The molecular weight excluding hydrogens is 216 g/mol. The fourth-order valence-corrected chi connectivity index (χ4v) is 1.70. The summed E-state index contributed by atoms with van der Waals surface area (Å²) in [7, 11) is 0. The summed E-state index contributed by atoms with van der Waals surface area (Å²) in [6.07, 6.45) is 1.64. The largest absolute Gasteiger partial charge is 0.399 e. The lowest BCUT2D eigenvalue weighted by Gasteiger charge is -2.13. The van der Waals surface area contributed by atoms with Crippen molar-refractivity contribution in [1.29, 1.82) is 0 Å². The number of ketones is 1. The van der Waals surface area contributed by atoms with Gasteiger partial charge in [-0.05, 0) is 18.6 Å². The minimum Gasteiger partial charge on any atom is -0.399 e. The maximum Gasteiger partial charge on any atom is 0.135 e. The molecule has 4 heteroatoms. The van der Waals surface area contributed by atoms with Crippen LogP contribution < -0.4 is 11.5 Å². The van der Waals surface area contributed by atoms with Gasteiger partial charge in [0.15, 0.2) is 0 Å². The SMILES string of the molecule is CCCCC(=O)CC(O)c1ccc(N)cc1N. The molecule has 5 N–H and O–H groups in total. The zero-order valence-corrected chi connectivity index (χ0v) is 10.1. The minimum absolute atomic E-state index is 0.0653. The van der Waals surface area contributed by atoms with Crippen molar-refractivity contribution in [2.75, 3.05) is 11.5 Å². The molecule has 0 radical (unpaired) electrons. The van der Waals surface area contributed by atoms with Gasteiger partial charge in [0.25, 0.3) is 0 Å². The summed E-state index contributed by atoms with van der Waals surface area (Å²) in [5.74, 6) is 0.0653. The van der Waals surface area contributed by atoms with Gasteiger partial charge in [-0.1, -0.05) is 19.4 Å². The van der Waals surface area contributed by atoms with Crippen LogP contribution in [0.2, 0.25) is 0 Å². The smallest absolute Gasteiger partial charge is 0.135 e. The molecule has 0 aromatic heterocycles. The Kier molecular flexibility index (Phi) is 4.97. The Hall–Kier alpha value is -1.55. The quantitative estimate of drug-likeness (QED) is 0.659. The van der Waals surface area contributed by atoms with E-state index >= 15 is 0 Å². The van der Waals surface area contributed by atoms with Crippen molar-refractivity contribution in [3.05, 3.63) is 23.8 Å². The number of unbranched alkanes of at least 4 members (excludes halogenated alkanes) is 1. The molecule has 0 aliphatic heterocycles. The van der Waals surface area contributed by atoms with Gasteiger partial charge in [-0.3, -0.25) is 4.79 Å². The van der Waals surface area contributed by atoms with Gasteiger partial charge in [0.2, 0.25) is 0 Å². The Bertz CT molecular complexity index is 391. The lowest BCUT2D eigenvalue weighted by atomic mass is 10.00. The molecule has 0 heterocycles. The monoisotopic (exact) mass is 236 g/mol. The molecule has 94 valence electrons. The molecule has 0 aliphatic carbocycles. The zero-order valence-electron chi connectivity index (χ0n) is 10.1. The molecule has 0 saturated carbocycles. The van der Waals surface area contributed by atoms with Crippen LogP contribution in [0.3, 0.4) is 0 Å². The third-order valence-corrected chi connectivity index (χ3v) is 2.70. The number of aliphatic hydroxyl groups excluding tert-OH is 1. The highest BCUT2D eigenvalue weighted by Crippen LogP contribution is 2.25. The van der Waals surface area contributed by atoms with Gasteiger partial charge in [0.05, 0.1) is 6.10 Å². The van der Waals surface area contributed by atoms with Crippen molar-refractivity contribution in [1.82, 2.24) is 0 Å². The second kappa shape index (κ2) is 6.25. The highest BCUT2D eigenvalue weighted by Gasteiger charge is 2.15. The van der Waals surface area contributed by atoms with Gasteiger partial charge in [-0.2, -0.15) is 0 Å². The third-order valence-electron chi connectivity index (χ3n) is 2.70. The van der Waals surface area contributed by atoms with Crippen LogP contribution in [0.5, 0.6) is 0 Å². The molecule has 0 aliphatic rings. The van der Waals surface area contributed by atoms with E-state index in [4.69, 9.17) is 11.5 Å². The summed E-state index contributed by atoms with van der Waals surface area (Å²) in [5, 5.41) is 9.92. The second-order valence-corrected chi connectivity index (χ2v) is 4.25. The average Bonchev–Trinajstić information content (AvgIpc) is 2.26. The van der Waals surface area contributed by atoms with Crippen LogP contribution >= 0.6 is 0 Å². The number of aliphatic hydroxyl groups is 1. The van der Waals surface area contributed by atoms with Crippen molar-refractivity contribution in [3.63, 3.8) is 0 Å². The third kappa shape index (κ3) is 4.07. The molecular formula is C13H20N2O2. The lowest BCUT2D eigenvalue weighted by Crippen LogP contribution is -2.09. The lowest BCUT2D eigenvalue weighted by molar-refractivity contribution is -0.121. The number of anilines is 2. The molecule has 0 amide bonds. The van der Waals surface area contributed by atoms with Crippen LogP contribution in [0.1, 0.15) is 44.3 Å². The van der Waals surface area contributed by atoms with Gasteiger partial charge in [-0.25, -0.2) is 0 Å². The number of rotatable bonds is 6. The Labute approximate surface area is 102 Å². The normalized spacial score (nSPS) is 12.4. The summed E-state index contributed by atoms with van der Waals surface area (Å²) in [4.78, 5) is 11.5. The molecule has 4 nitrogen and oxygen atoms in total. The Morgan fingerprint density at radius 2 is 2.12 bits per heavy atom. The number of benzene rings is 1. The molecule has 0 bridgehead atoms. The maximum absolute atomic E-state index is 11.5. The number of carbonyl (C=O) groups is 1. The molecule has 1 rings (SSSR count). The Morgan fingerprint density at radius 1 is 1.41 bits per heavy atom. The van der Waals surface area contributed by atoms with Gasteiger partial charge < -0.3 is 16.6 Å². The number of Topliss-reactive ketones (excluding diaryl/α,β-unsaturated/α-hetero) is 1. The fourth-order valence-electron chi connectivity index (χ4n) is 1.70. The second-order valence-electron chi connectivity index (χ2n) is 4.25. The number of nitrogens with two attached hydrogens (primary N) is 2. The van der Waals surface area contributed by atoms with Gasteiger partial charge in [-0.15, -0.1) is 0 Å². The molecule has 17 heavy (non-hydrogen) atoms. The van der Waals surface area contributed by atoms with E-state index in [1.165, 1.54) is 0 Å². The molecule has 0 spiro atoms. The fraction of sp³-hybridized carbons (Fsp3) is 0.462. The van der Waals surface area contributed by atoms with E-state index in [1.54, 1.807) is 18.2 Å². The zero-order chi connectivity index (χ0) is 12.8. The standard InChI is InChI=1S/C13H20N2O2/c1-2-3-4-10(16)8-13(17)11-6-5-9(14)7-12(11)15/h5-7,13,17H,2-4,8,14-15H2,1H3. The average molecular weight is 236 g/mol. The summed E-state index contributed by atoms with van der Waals surface area (Å²) < 4.78 is 0. The Balaban J connectivity index is 2.63. The molecule has 0 saturated heterocycles. The maximum atomic E-state index is 11.5. The van der Waals surface area contributed by atoms with Crippen molar-refractivity contribution in [2.24, 2.45) is 0 Å². The predicted molar refractivity (Wildman–Crippen MR) is 69.4 cm³/mol. The molecule has 0 fully saturated rings. The number of nitrogen functional groups attached to an aromatic ring is 2. The molecule has 1 unspecified atom stereocenters. The van der Waals surface area contributed by atoms with Crippen molar-refractivity contribution >= 4 is 17.2 Å². The van der Waals surface area contributed by atoms with E-state index in [9.17, 15) is 9.90 Å². The molecule has 1 atom stereocenters. The first-order valence-electron chi connectivity index (χ1n) is 5.89. The van der Waals surface area contributed by atoms with E-state index in [1.807, 2.05) is 6.92 Å². The molecule has 1 aromatic rings. The Morgan fingerprint density at radius 3 is 2.71 bits per heavy atom. The first-order valence-corrected chi connectivity index (χ1v) is 5.89. The minimum atomic E-state index is -0.833. The van der Waals surface area contributed by atoms with Crippen LogP contribution in [0.25, 0.3) is 0 Å². The van der Waals surface area contributed by atoms with E-state index in [0.29, 0.717) is 23.4 Å². The van der Waals surface area contributed by atoms with Crippen LogP contribution in [-0.4, -0.2) is 10.9 Å². The summed E-state index contributed by atoms with van der Waals surface area (Å²) in [5.41, 5.74) is 12.9. The van der Waals surface area contributed by atoms with E-state index in [2.05, 4.69) is 0 Å². The number of carbonyl (C=O) groups excluding carboxylic acids is 1. The van der Waals surface area contributed by atoms with Crippen molar-refractivity contribution in [3.8, 4) is 0 Å². The van der Waals surface area contributed by atoms with E-state index in [0.717, 1.165) is 12.8 Å². The van der Waals surface area contributed by atoms with Crippen LogP contribution in [0.4, 0.5) is 11.4 Å². The van der Waals surface area contributed by atoms with Gasteiger partial charge >= 0.3 is 0 Å². The summed E-state index contributed by atoms with van der Waals surface area (Å²) in [6, 6.07) is 4.93. The summed E-state index contributed by atoms with van der Waals surface area (Å²) >= 11 is 0.